The summed E-state index contributed by atoms with van der Waals surface area (Å²) in [7, 11) is 0. The number of carbonyl (C=O) groups excluding carboxylic acids is 1. The first-order valence-corrected chi connectivity index (χ1v) is 7.79. The molecule has 19 heavy (non-hydrogen) atoms. The van der Waals surface area contributed by atoms with Crippen molar-refractivity contribution in [1.82, 2.24) is 10.2 Å². The normalized spacial score (nSPS) is 44.6. The Balaban J connectivity index is 1.82. The van der Waals surface area contributed by atoms with E-state index in [1.165, 1.54) is 19.3 Å². The molecule has 1 amide bonds. The van der Waals surface area contributed by atoms with E-state index in [4.69, 9.17) is 0 Å². The lowest BCUT2D eigenvalue weighted by Gasteiger charge is -2.40. The zero-order chi connectivity index (χ0) is 13.9. The van der Waals surface area contributed by atoms with Gasteiger partial charge in [-0.05, 0) is 56.4 Å². The Hall–Kier alpha value is -0.570. The van der Waals surface area contributed by atoms with Crippen molar-refractivity contribution in [3.8, 4) is 0 Å². The molecule has 0 aromatic rings. The number of fused-ring (bicyclic) bond motifs is 2. The molecular weight excluding hydrogens is 236 g/mol. The highest BCUT2D eigenvalue weighted by atomic mass is 16.2. The molecular formula is C16H28N2O. The van der Waals surface area contributed by atoms with Gasteiger partial charge in [-0.3, -0.25) is 4.79 Å². The third-order valence-corrected chi connectivity index (χ3v) is 5.52. The van der Waals surface area contributed by atoms with E-state index in [1.807, 2.05) is 0 Å². The van der Waals surface area contributed by atoms with Crippen molar-refractivity contribution >= 4 is 5.91 Å². The largest absolute Gasteiger partial charge is 0.338 e. The maximum Gasteiger partial charge on any atom is 0.242 e. The first kappa shape index (κ1) is 13.4. The van der Waals surface area contributed by atoms with Gasteiger partial charge in [0.05, 0.1) is 5.54 Å². The SMILES string of the molecule is CC1(C)CC2CC(C)(CN2C(=O)C2(C)CCCN2)C1. The fourth-order valence-electron chi connectivity index (χ4n) is 5.09. The molecule has 3 fully saturated rings. The van der Waals surface area contributed by atoms with Crippen LogP contribution in [0.15, 0.2) is 0 Å². The van der Waals surface area contributed by atoms with Crippen LogP contribution in [0.2, 0.25) is 0 Å². The van der Waals surface area contributed by atoms with E-state index in [-0.39, 0.29) is 5.54 Å². The molecule has 0 radical (unpaired) electrons. The van der Waals surface area contributed by atoms with Crippen molar-refractivity contribution in [2.45, 2.75) is 71.4 Å². The summed E-state index contributed by atoms with van der Waals surface area (Å²) < 4.78 is 0. The van der Waals surface area contributed by atoms with Crippen LogP contribution >= 0.6 is 0 Å². The number of nitrogens with zero attached hydrogens (tertiary/aromatic N) is 1. The van der Waals surface area contributed by atoms with Crippen LogP contribution in [0.25, 0.3) is 0 Å². The molecule has 0 aromatic heterocycles. The van der Waals surface area contributed by atoms with Crippen LogP contribution in [0.4, 0.5) is 0 Å². The van der Waals surface area contributed by atoms with E-state index >= 15 is 0 Å². The molecule has 1 N–H and O–H groups in total. The van der Waals surface area contributed by atoms with Gasteiger partial charge in [0.2, 0.25) is 5.91 Å². The first-order valence-electron chi connectivity index (χ1n) is 7.79. The fourth-order valence-corrected chi connectivity index (χ4v) is 5.09. The molecule has 3 heteroatoms. The average molecular weight is 264 g/mol. The number of likely N-dealkylation sites (tertiary alicyclic amines) is 1. The minimum absolute atomic E-state index is 0.294. The van der Waals surface area contributed by atoms with Gasteiger partial charge in [0.1, 0.15) is 0 Å². The predicted molar refractivity (Wildman–Crippen MR) is 76.9 cm³/mol. The molecule has 3 unspecified atom stereocenters. The molecule has 2 bridgehead atoms. The molecule has 1 aliphatic carbocycles. The van der Waals surface area contributed by atoms with Crippen LogP contribution in [-0.2, 0) is 4.79 Å². The molecule has 2 aliphatic heterocycles. The van der Waals surface area contributed by atoms with Crippen molar-refractivity contribution < 1.29 is 4.79 Å². The molecule has 3 rings (SSSR count). The minimum atomic E-state index is -0.294. The Kier molecular flexibility index (Phi) is 2.80. The summed E-state index contributed by atoms with van der Waals surface area (Å²) in [5.74, 6) is 0.358. The topological polar surface area (TPSA) is 32.3 Å². The number of nitrogens with one attached hydrogen (secondary N) is 1. The standard InChI is InChI=1S/C16H28N2O/c1-14(2)8-12-9-15(3,10-14)11-18(12)13(19)16(4)6-5-7-17-16/h12,17H,5-11H2,1-4H3. The van der Waals surface area contributed by atoms with Gasteiger partial charge in [-0.15, -0.1) is 0 Å². The molecule has 2 saturated heterocycles. The molecule has 2 heterocycles. The quantitative estimate of drug-likeness (QED) is 0.789. The first-order chi connectivity index (χ1) is 8.73. The van der Waals surface area contributed by atoms with E-state index < -0.39 is 0 Å². The summed E-state index contributed by atoms with van der Waals surface area (Å²) in [5.41, 5.74) is 0.436. The summed E-state index contributed by atoms with van der Waals surface area (Å²) in [5, 5.41) is 3.43. The third kappa shape index (κ3) is 2.20. The molecule has 108 valence electrons. The smallest absolute Gasteiger partial charge is 0.242 e. The molecule has 0 spiro atoms. The second-order valence-corrected chi connectivity index (χ2v) is 8.51. The summed E-state index contributed by atoms with van der Waals surface area (Å²) in [6, 6.07) is 0.473. The van der Waals surface area contributed by atoms with Crippen LogP contribution < -0.4 is 5.32 Å². The second-order valence-electron chi connectivity index (χ2n) is 8.51. The van der Waals surface area contributed by atoms with Gasteiger partial charge < -0.3 is 10.2 Å². The minimum Gasteiger partial charge on any atom is -0.338 e. The molecule has 3 atom stereocenters. The van der Waals surface area contributed by atoms with Crippen LogP contribution in [0.3, 0.4) is 0 Å². The van der Waals surface area contributed by atoms with Crippen molar-refractivity contribution in [3.63, 3.8) is 0 Å². The summed E-state index contributed by atoms with van der Waals surface area (Å²) in [6.07, 6.45) is 5.76. The van der Waals surface area contributed by atoms with Crippen LogP contribution in [0.5, 0.6) is 0 Å². The average Bonchev–Trinajstić information content (AvgIpc) is 2.79. The van der Waals surface area contributed by atoms with Crippen molar-refractivity contribution in [3.05, 3.63) is 0 Å². The van der Waals surface area contributed by atoms with E-state index in [2.05, 4.69) is 37.9 Å². The Morgan fingerprint density at radius 3 is 2.58 bits per heavy atom. The van der Waals surface area contributed by atoms with Gasteiger partial charge >= 0.3 is 0 Å². The van der Waals surface area contributed by atoms with Crippen LogP contribution in [0, 0.1) is 10.8 Å². The van der Waals surface area contributed by atoms with Gasteiger partial charge in [-0.1, -0.05) is 20.8 Å². The summed E-state index contributed by atoms with van der Waals surface area (Å²) >= 11 is 0. The lowest BCUT2D eigenvalue weighted by atomic mass is 9.65. The van der Waals surface area contributed by atoms with Gasteiger partial charge in [0.15, 0.2) is 0 Å². The third-order valence-electron chi connectivity index (χ3n) is 5.52. The Labute approximate surface area is 117 Å². The highest BCUT2D eigenvalue weighted by Gasteiger charge is 2.53. The maximum atomic E-state index is 12.9. The van der Waals surface area contributed by atoms with Gasteiger partial charge in [0, 0.05) is 12.6 Å². The highest BCUT2D eigenvalue weighted by Crippen LogP contribution is 2.53. The van der Waals surface area contributed by atoms with Crippen molar-refractivity contribution in [2.75, 3.05) is 13.1 Å². The van der Waals surface area contributed by atoms with Gasteiger partial charge in [-0.2, -0.15) is 0 Å². The van der Waals surface area contributed by atoms with Gasteiger partial charge in [-0.25, -0.2) is 0 Å². The van der Waals surface area contributed by atoms with Crippen LogP contribution in [0.1, 0.15) is 59.8 Å². The van der Waals surface area contributed by atoms with Crippen LogP contribution in [-0.4, -0.2) is 35.5 Å². The van der Waals surface area contributed by atoms with Gasteiger partial charge in [0.25, 0.3) is 0 Å². The highest BCUT2D eigenvalue weighted by molar-refractivity contribution is 5.87. The lowest BCUT2D eigenvalue weighted by Crippen LogP contribution is -2.54. The fraction of sp³-hybridized carbons (Fsp3) is 0.938. The Morgan fingerprint density at radius 1 is 1.21 bits per heavy atom. The zero-order valence-electron chi connectivity index (χ0n) is 12.9. The lowest BCUT2D eigenvalue weighted by molar-refractivity contribution is -0.138. The molecule has 3 aliphatic rings. The van der Waals surface area contributed by atoms with E-state index in [0.29, 0.717) is 22.8 Å². The molecule has 1 saturated carbocycles. The summed E-state index contributed by atoms with van der Waals surface area (Å²) in [4.78, 5) is 15.1. The number of hydrogen-bond donors (Lipinski definition) is 1. The maximum absolute atomic E-state index is 12.9. The Morgan fingerprint density at radius 2 is 1.95 bits per heavy atom. The number of carbonyl (C=O) groups is 1. The zero-order valence-corrected chi connectivity index (χ0v) is 12.9. The predicted octanol–water partition coefficient (Wildman–Crippen LogP) is 2.56. The van der Waals surface area contributed by atoms with Crippen molar-refractivity contribution in [1.29, 1.82) is 0 Å². The number of hydrogen-bond acceptors (Lipinski definition) is 2. The Bertz CT molecular complexity index is 398. The molecule has 3 nitrogen and oxygen atoms in total. The monoisotopic (exact) mass is 264 g/mol. The second kappa shape index (κ2) is 3.97. The van der Waals surface area contributed by atoms with E-state index in [0.717, 1.165) is 25.9 Å². The summed E-state index contributed by atoms with van der Waals surface area (Å²) in [6.45, 7) is 11.2. The van der Waals surface area contributed by atoms with E-state index in [9.17, 15) is 4.79 Å². The molecule has 0 aromatic carbocycles. The number of rotatable bonds is 1. The number of amides is 1. The van der Waals surface area contributed by atoms with Crippen molar-refractivity contribution in [2.24, 2.45) is 10.8 Å². The van der Waals surface area contributed by atoms with E-state index in [1.54, 1.807) is 0 Å².